The standard InChI is InChI=1S/C18H26FN7O/c1-4-25-7-9-26(10-8-25)16-6-5-14(19)11-15(16)13(2)22-18(27)23-17-20-12-21-24(17)3/h5-6,11-13H,4,7-10H2,1-3H3,(H2,20,21,22,23,27)/t13-/m0/s1. The summed E-state index contributed by atoms with van der Waals surface area (Å²) in [5, 5.41) is 9.41. The average Bonchev–Trinajstić information content (AvgIpc) is 3.06. The van der Waals surface area contributed by atoms with E-state index >= 15 is 0 Å². The lowest BCUT2D eigenvalue weighted by molar-refractivity contribution is 0.249. The van der Waals surface area contributed by atoms with Crippen LogP contribution in [0, 0.1) is 5.82 Å². The van der Waals surface area contributed by atoms with Gasteiger partial charge in [0.1, 0.15) is 12.1 Å². The molecular weight excluding hydrogens is 349 g/mol. The number of piperazine rings is 1. The van der Waals surface area contributed by atoms with Crippen LogP contribution in [0.1, 0.15) is 25.5 Å². The summed E-state index contributed by atoms with van der Waals surface area (Å²) >= 11 is 0. The second-order valence-electron chi connectivity index (χ2n) is 6.65. The zero-order chi connectivity index (χ0) is 19.4. The first-order valence-corrected chi connectivity index (χ1v) is 9.16. The van der Waals surface area contributed by atoms with Crippen molar-refractivity contribution >= 4 is 17.7 Å². The van der Waals surface area contributed by atoms with Crippen LogP contribution in [0.15, 0.2) is 24.5 Å². The lowest BCUT2D eigenvalue weighted by Crippen LogP contribution is -2.46. The molecule has 2 heterocycles. The van der Waals surface area contributed by atoms with Gasteiger partial charge >= 0.3 is 6.03 Å². The maximum atomic E-state index is 13.9. The Balaban J connectivity index is 1.72. The Morgan fingerprint density at radius 2 is 2.04 bits per heavy atom. The van der Waals surface area contributed by atoms with E-state index in [1.165, 1.54) is 23.1 Å². The highest BCUT2D eigenvalue weighted by molar-refractivity contribution is 5.87. The maximum absolute atomic E-state index is 13.9. The third kappa shape index (κ3) is 4.54. The van der Waals surface area contributed by atoms with Crippen LogP contribution in [0.4, 0.5) is 20.8 Å². The average molecular weight is 375 g/mol. The Kier molecular flexibility index (Phi) is 5.90. The van der Waals surface area contributed by atoms with Crippen LogP contribution >= 0.6 is 0 Å². The number of hydrogen-bond donors (Lipinski definition) is 2. The molecule has 146 valence electrons. The minimum Gasteiger partial charge on any atom is -0.369 e. The van der Waals surface area contributed by atoms with Gasteiger partial charge in [0.2, 0.25) is 5.95 Å². The van der Waals surface area contributed by atoms with Gasteiger partial charge in [0.15, 0.2) is 0 Å². The number of halogens is 1. The van der Waals surface area contributed by atoms with Crippen LogP contribution in [0.5, 0.6) is 0 Å². The second-order valence-corrected chi connectivity index (χ2v) is 6.65. The van der Waals surface area contributed by atoms with Crippen molar-refractivity contribution in [2.75, 3.05) is 42.9 Å². The summed E-state index contributed by atoms with van der Waals surface area (Å²) in [5.41, 5.74) is 1.71. The largest absolute Gasteiger partial charge is 0.369 e. The van der Waals surface area contributed by atoms with Crippen molar-refractivity contribution in [3.63, 3.8) is 0 Å². The van der Waals surface area contributed by atoms with Crippen molar-refractivity contribution in [2.45, 2.75) is 19.9 Å². The first kappa shape index (κ1) is 19.1. The van der Waals surface area contributed by atoms with Gasteiger partial charge < -0.3 is 15.1 Å². The van der Waals surface area contributed by atoms with Crippen molar-refractivity contribution in [2.24, 2.45) is 7.05 Å². The molecule has 2 aromatic rings. The van der Waals surface area contributed by atoms with Gasteiger partial charge in [-0.05, 0) is 31.7 Å². The van der Waals surface area contributed by atoms with Gasteiger partial charge in [-0.25, -0.2) is 13.9 Å². The summed E-state index contributed by atoms with van der Waals surface area (Å²) in [6.07, 6.45) is 1.36. The lowest BCUT2D eigenvalue weighted by Gasteiger charge is -2.37. The molecule has 1 saturated heterocycles. The number of rotatable bonds is 5. The molecule has 2 amide bonds. The topological polar surface area (TPSA) is 78.3 Å². The van der Waals surface area contributed by atoms with Crippen LogP contribution in [-0.2, 0) is 7.05 Å². The number of anilines is 2. The summed E-state index contributed by atoms with van der Waals surface area (Å²) in [5.74, 6) is 0.0261. The predicted molar refractivity (Wildman–Crippen MR) is 102 cm³/mol. The molecule has 8 nitrogen and oxygen atoms in total. The normalized spacial score (nSPS) is 16.2. The molecule has 1 atom stereocenters. The molecule has 9 heteroatoms. The minimum atomic E-state index is -0.412. The predicted octanol–water partition coefficient (Wildman–Crippen LogP) is 1.98. The van der Waals surface area contributed by atoms with Gasteiger partial charge in [0, 0.05) is 44.5 Å². The van der Waals surface area contributed by atoms with Gasteiger partial charge in [-0.15, -0.1) is 0 Å². The highest BCUT2D eigenvalue weighted by atomic mass is 19.1. The molecular formula is C18H26FN7O. The Morgan fingerprint density at radius 1 is 1.30 bits per heavy atom. The van der Waals surface area contributed by atoms with Gasteiger partial charge in [0.25, 0.3) is 0 Å². The number of urea groups is 1. The highest BCUT2D eigenvalue weighted by Gasteiger charge is 2.22. The summed E-state index contributed by atoms with van der Waals surface area (Å²) in [4.78, 5) is 20.9. The van der Waals surface area contributed by atoms with E-state index in [4.69, 9.17) is 0 Å². The van der Waals surface area contributed by atoms with Crippen molar-refractivity contribution in [3.8, 4) is 0 Å². The zero-order valence-electron chi connectivity index (χ0n) is 15.9. The Morgan fingerprint density at radius 3 is 2.67 bits per heavy atom. The number of nitrogens with one attached hydrogen (secondary N) is 2. The number of nitrogens with zero attached hydrogens (tertiary/aromatic N) is 5. The van der Waals surface area contributed by atoms with Gasteiger partial charge in [-0.2, -0.15) is 10.1 Å². The van der Waals surface area contributed by atoms with E-state index in [-0.39, 0.29) is 11.9 Å². The number of likely N-dealkylation sites (N-methyl/N-ethyl adjacent to an activating group) is 1. The number of aromatic nitrogens is 3. The summed E-state index contributed by atoms with van der Waals surface area (Å²) < 4.78 is 15.4. The molecule has 3 rings (SSSR count). The van der Waals surface area contributed by atoms with Crippen molar-refractivity contribution in [1.82, 2.24) is 25.0 Å². The fourth-order valence-electron chi connectivity index (χ4n) is 3.29. The molecule has 1 fully saturated rings. The number of carbonyl (C=O) groups excluding carboxylic acids is 1. The first-order chi connectivity index (χ1) is 13.0. The molecule has 2 N–H and O–H groups in total. The second kappa shape index (κ2) is 8.34. The molecule has 0 spiro atoms. The van der Waals surface area contributed by atoms with E-state index in [1.54, 1.807) is 13.1 Å². The molecule has 1 aromatic heterocycles. The number of aryl methyl sites for hydroxylation is 1. The molecule has 0 radical (unpaired) electrons. The Hall–Kier alpha value is -2.68. The number of benzene rings is 1. The quantitative estimate of drug-likeness (QED) is 0.836. The monoisotopic (exact) mass is 375 g/mol. The Labute approximate surface area is 158 Å². The SMILES string of the molecule is CCN1CCN(c2ccc(F)cc2[C@H](C)NC(=O)Nc2ncnn2C)CC1. The molecule has 1 aliphatic rings. The van der Waals surface area contributed by atoms with Crippen LogP contribution in [-0.4, -0.2) is 58.4 Å². The summed E-state index contributed by atoms with van der Waals surface area (Å²) in [6.45, 7) is 8.74. The number of hydrogen-bond acceptors (Lipinski definition) is 5. The van der Waals surface area contributed by atoms with Crippen LogP contribution in [0.3, 0.4) is 0 Å². The van der Waals surface area contributed by atoms with E-state index in [1.807, 2.05) is 6.92 Å². The maximum Gasteiger partial charge on any atom is 0.322 e. The third-order valence-corrected chi connectivity index (χ3v) is 4.90. The van der Waals surface area contributed by atoms with E-state index in [9.17, 15) is 9.18 Å². The van der Waals surface area contributed by atoms with Crippen molar-refractivity contribution in [1.29, 1.82) is 0 Å². The molecule has 1 aliphatic heterocycles. The van der Waals surface area contributed by atoms with E-state index in [0.29, 0.717) is 5.95 Å². The smallest absolute Gasteiger partial charge is 0.322 e. The third-order valence-electron chi connectivity index (χ3n) is 4.90. The van der Waals surface area contributed by atoms with Crippen molar-refractivity contribution < 1.29 is 9.18 Å². The molecule has 1 aromatic carbocycles. The van der Waals surface area contributed by atoms with Crippen LogP contribution < -0.4 is 15.5 Å². The Bertz CT molecular complexity index is 786. The molecule has 0 unspecified atom stereocenters. The minimum absolute atomic E-state index is 0.316. The van der Waals surface area contributed by atoms with Crippen LogP contribution in [0.2, 0.25) is 0 Å². The number of carbonyl (C=O) groups is 1. The summed E-state index contributed by atoms with van der Waals surface area (Å²) in [6, 6.07) is 3.98. The molecule has 0 aliphatic carbocycles. The van der Waals surface area contributed by atoms with Gasteiger partial charge in [-0.1, -0.05) is 6.92 Å². The fraction of sp³-hybridized carbons (Fsp3) is 0.500. The highest BCUT2D eigenvalue weighted by Crippen LogP contribution is 2.28. The summed E-state index contributed by atoms with van der Waals surface area (Å²) in [7, 11) is 1.69. The van der Waals surface area contributed by atoms with Gasteiger partial charge in [0.05, 0.1) is 6.04 Å². The zero-order valence-corrected chi connectivity index (χ0v) is 15.9. The van der Waals surface area contributed by atoms with Crippen LogP contribution in [0.25, 0.3) is 0 Å². The van der Waals surface area contributed by atoms with Crippen molar-refractivity contribution in [3.05, 3.63) is 35.9 Å². The van der Waals surface area contributed by atoms with E-state index < -0.39 is 6.03 Å². The van der Waals surface area contributed by atoms with Gasteiger partial charge in [-0.3, -0.25) is 5.32 Å². The van der Waals surface area contributed by atoms with E-state index in [0.717, 1.165) is 44.0 Å². The molecule has 0 saturated carbocycles. The molecule has 27 heavy (non-hydrogen) atoms. The fourth-order valence-corrected chi connectivity index (χ4v) is 3.29. The van der Waals surface area contributed by atoms with E-state index in [2.05, 4.69) is 37.4 Å². The number of amides is 2. The first-order valence-electron chi connectivity index (χ1n) is 9.16. The molecule has 0 bridgehead atoms. The lowest BCUT2D eigenvalue weighted by atomic mass is 10.0.